The molecule has 0 aliphatic carbocycles. The largest absolute Gasteiger partial charge is 0.361 e. The number of rotatable bonds is 7. The van der Waals surface area contributed by atoms with Crippen LogP contribution in [0.5, 0.6) is 0 Å². The Labute approximate surface area is 211 Å². The number of carbonyl (C=O) groups is 2. The first-order chi connectivity index (χ1) is 17.5. The molecule has 1 aromatic heterocycles. The van der Waals surface area contributed by atoms with Gasteiger partial charge in [-0.15, -0.1) is 11.8 Å². The zero-order chi connectivity index (χ0) is 24.9. The maximum absolute atomic E-state index is 13.4. The summed E-state index contributed by atoms with van der Waals surface area (Å²) in [4.78, 5) is 30.0. The summed E-state index contributed by atoms with van der Waals surface area (Å²) in [5, 5.41) is 6.42. The van der Waals surface area contributed by atoms with Crippen molar-refractivity contribution in [2.75, 3.05) is 10.6 Å². The summed E-state index contributed by atoms with van der Waals surface area (Å²) in [7, 11) is 0. The van der Waals surface area contributed by atoms with Gasteiger partial charge >= 0.3 is 0 Å². The summed E-state index contributed by atoms with van der Waals surface area (Å²) in [5.41, 5.74) is 3.45. The number of fused-ring (bicyclic) bond motifs is 1. The fourth-order valence-corrected chi connectivity index (χ4v) is 4.91. The smallest absolute Gasteiger partial charge is 0.255 e. The molecular weight excluding hydrogens is 473 g/mol. The summed E-state index contributed by atoms with van der Waals surface area (Å²) in [5.74, 6) is -0.893. The third-order valence-electron chi connectivity index (χ3n) is 5.62. The molecule has 5 rings (SSSR count). The number of hydrogen-bond donors (Lipinski definition) is 3. The molecule has 178 valence electrons. The Morgan fingerprint density at radius 1 is 0.778 bits per heavy atom. The van der Waals surface area contributed by atoms with Crippen molar-refractivity contribution >= 4 is 45.9 Å². The highest BCUT2D eigenvalue weighted by Gasteiger charge is 2.22. The average molecular weight is 496 g/mol. The van der Waals surface area contributed by atoms with E-state index in [0.29, 0.717) is 16.9 Å². The zero-order valence-corrected chi connectivity index (χ0v) is 19.9. The predicted octanol–water partition coefficient (Wildman–Crippen LogP) is 7.03. The van der Waals surface area contributed by atoms with Crippen LogP contribution < -0.4 is 10.6 Å². The molecule has 0 fully saturated rings. The van der Waals surface area contributed by atoms with Crippen molar-refractivity contribution in [3.63, 3.8) is 0 Å². The predicted molar refractivity (Wildman–Crippen MR) is 143 cm³/mol. The second-order valence-electron chi connectivity index (χ2n) is 8.17. The highest BCUT2D eigenvalue weighted by atomic mass is 32.2. The number of halogens is 1. The lowest BCUT2D eigenvalue weighted by Crippen LogP contribution is -2.19. The van der Waals surface area contributed by atoms with E-state index >= 15 is 0 Å². The summed E-state index contributed by atoms with van der Waals surface area (Å²) in [6, 6.07) is 30.0. The van der Waals surface area contributed by atoms with Gasteiger partial charge in [-0.3, -0.25) is 9.59 Å². The summed E-state index contributed by atoms with van der Waals surface area (Å²) in [6.07, 6.45) is 1.86. The van der Waals surface area contributed by atoms with Crippen LogP contribution in [0.4, 0.5) is 15.8 Å². The standard InChI is InChI=1S/C29H22FN3O2S/c30-22-12-9-21(10-13-22)28(34)32-23-7-4-8-25(17-23)36-27(20-5-2-1-3-6-20)29(35)33-24-14-11-19-15-16-31-26(19)18-24/h1-18,27,31H,(H,32,34)(H,33,35). The number of H-pyrrole nitrogens is 1. The van der Waals surface area contributed by atoms with Gasteiger partial charge in [0.2, 0.25) is 5.91 Å². The first-order valence-corrected chi connectivity index (χ1v) is 12.2. The van der Waals surface area contributed by atoms with Gasteiger partial charge in [-0.2, -0.15) is 0 Å². The summed E-state index contributed by atoms with van der Waals surface area (Å²) >= 11 is 1.39. The van der Waals surface area contributed by atoms with Gasteiger partial charge in [-0.1, -0.05) is 42.5 Å². The van der Waals surface area contributed by atoms with Crippen LogP contribution in [0.1, 0.15) is 21.2 Å². The van der Waals surface area contributed by atoms with Crippen molar-refractivity contribution in [1.29, 1.82) is 0 Å². The van der Waals surface area contributed by atoms with Crippen molar-refractivity contribution in [3.8, 4) is 0 Å². The van der Waals surface area contributed by atoms with Crippen molar-refractivity contribution in [2.24, 2.45) is 0 Å². The van der Waals surface area contributed by atoms with Crippen molar-refractivity contribution in [3.05, 3.63) is 126 Å². The Morgan fingerprint density at radius 2 is 1.56 bits per heavy atom. The molecule has 0 spiro atoms. The van der Waals surface area contributed by atoms with Crippen molar-refractivity contribution in [2.45, 2.75) is 10.1 Å². The number of hydrogen-bond acceptors (Lipinski definition) is 3. The lowest BCUT2D eigenvalue weighted by atomic mass is 10.1. The van der Waals surface area contributed by atoms with Gasteiger partial charge in [-0.05, 0) is 71.6 Å². The second-order valence-corrected chi connectivity index (χ2v) is 9.34. The maximum atomic E-state index is 13.4. The van der Waals surface area contributed by atoms with Crippen LogP contribution in [0.15, 0.2) is 114 Å². The molecule has 0 saturated heterocycles. The fraction of sp³-hybridized carbons (Fsp3) is 0.0345. The molecule has 4 aromatic carbocycles. The second kappa shape index (κ2) is 10.5. The van der Waals surface area contributed by atoms with Crippen LogP contribution in [-0.4, -0.2) is 16.8 Å². The van der Waals surface area contributed by atoms with Crippen molar-refractivity contribution < 1.29 is 14.0 Å². The fourth-order valence-electron chi connectivity index (χ4n) is 3.82. The number of benzene rings is 4. The minimum absolute atomic E-state index is 0.155. The van der Waals surface area contributed by atoms with Crippen LogP contribution >= 0.6 is 11.8 Å². The number of aromatic amines is 1. The molecule has 0 saturated carbocycles. The average Bonchev–Trinajstić information content (AvgIpc) is 3.36. The Balaban J connectivity index is 1.35. The van der Waals surface area contributed by atoms with Gasteiger partial charge < -0.3 is 15.6 Å². The van der Waals surface area contributed by atoms with Gasteiger partial charge in [0.25, 0.3) is 5.91 Å². The van der Waals surface area contributed by atoms with Crippen LogP contribution in [0, 0.1) is 5.82 Å². The molecule has 36 heavy (non-hydrogen) atoms. The number of amides is 2. The Bertz CT molecular complexity index is 1520. The lowest BCUT2D eigenvalue weighted by molar-refractivity contribution is -0.115. The van der Waals surface area contributed by atoms with E-state index in [0.717, 1.165) is 21.4 Å². The molecule has 0 aliphatic heterocycles. The lowest BCUT2D eigenvalue weighted by Gasteiger charge is -2.18. The van der Waals surface area contributed by atoms with Gasteiger partial charge in [0.15, 0.2) is 0 Å². The number of thioether (sulfide) groups is 1. The number of carbonyl (C=O) groups excluding carboxylic acids is 2. The van der Waals surface area contributed by atoms with Gasteiger partial charge in [0.05, 0.1) is 0 Å². The Hall–Kier alpha value is -4.36. The zero-order valence-electron chi connectivity index (χ0n) is 19.1. The van der Waals surface area contributed by atoms with E-state index in [1.54, 1.807) is 6.07 Å². The third kappa shape index (κ3) is 5.47. The van der Waals surface area contributed by atoms with E-state index in [2.05, 4.69) is 15.6 Å². The van der Waals surface area contributed by atoms with E-state index in [1.807, 2.05) is 79.0 Å². The summed E-state index contributed by atoms with van der Waals surface area (Å²) in [6.45, 7) is 0. The Kier molecular flexibility index (Phi) is 6.82. The molecule has 2 amide bonds. The maximum Gasteiger partial charge on any atom is 0.255 e. The minimum Gasteiger partial charge on any atom is -0.361 e. The van der Waals surface area contributed by atoms with E-state index in [4.69, 9.17) is 0 Å². The van der Waals surface area contributed by atoms with Gasteiger partial charge in [-0.25, -0.2) is 4.39 Å². The van der Waals surface area contributed by atoms with Crippen LogP contribution in [0.25, 0.3) is 10.9 Å². The molecule has 0 bridgehead atoms. The third-order valence-corrected chi connectivity index (χ3v) is 6.86. The quantitative estimate of drug-likeness (QED) is 0.212. The van der Waals surface area contributed by atoms with E-state index in [-0.39, 0.29) is 11.8 Å². The van der Waals surface area contributed by atoms with E-state index < -0.39 is 11.1 Å². The van der Waals surface area contributed by atoms with Crippen molar-refractivity contribution in [1.82, 2.24) is 4.98 Å². The molecule has 5 nitrogen and oxygen atoms in total. The Morgan fingerprint density at radius 3 is 2.36 bits per heavy atom. The number of anilines is 2. The first-order valence-electron chi connectivity index (χ1n) is 11.3. The SMILES string of the molecule is O=C(Nc1cccc(SC(C(=O)Nc2ccc3cc[nH]c3c2)c2ccccc2)c1)c1ccc(F)cc1. The minimum atomic E-state index is -0.520. The van der Waals surface area contributed by atoms with Crippen LogP contribution in [0.3, 0.4) is 0 Å². The number of nitrogens with one attached hydrogen (secondary N) is 3. The molecule has 7 heteroatoms. The summed E-state index contributed by atoms with van der Waals surface area (Å²) < 4.78 is 13.2. The van der Waals surface area contributed by atoms with Crippen LogP contribution in [-0.2, 0) is 4.79 Å². The normalized spacial score (nSPS) is 11.7. The molecule has 0 aliphatic rings. The van der Waals surface area contributed by atoms with Gasteiger partial charge in [0.1, 0.15) is 11.1 Å². The van der Waals surface area contributed by atoms with E-state index in [1.165, 1.54) is 36.0 Å². The van der Waals surface area contributed by atoms with Crippen LogP contribution in [0.2, 0.25) is 0 Å². The van der Waals surface area contributed by atoms with E-state index in [9.17, 15) is 14.0 Å². The molecular formula is C29H22FN3O2S. The monoisotopic (exact) mass is 495 g/mol. The molecule has 1 heterocycles. The molecule has 5 aromatic rings. The first kappa shape index (κ1) is 23.4. The molecule has 1 atom stereocenters. The topological polar surface area (TPSA) is 74.0 Å². The number of aromatic nitrogens is 1. The molecule has 3 N–H and O–H groups in total. The highest BCUT2D eigenvalue weighted by Crippen LogP contribution is 2.37. The molecule has 1 unspecified atom stereocenters. The van der Waals surface area contributed by atoms with Gasteiger partial charge in [0, 0.05) is 33.5 Å². The molecule has 0 radical (unpaired) electrons. The highest BCUT2D eigenvalue weighted by molar-refractivity contribution is 8.00.